The number of carbonyl (C=O) groups excluding carboxylic acids is 1. The van der Waals surface area contributed by atoms with Crippen molar-refractivity contribution in [2.24, 2.45) is 0 Å². The second-order valence-corrected chi connectivity index (χ2v) is 4.50. The molecule has 0 bridgehead atoms. The highest BCUT2D eigenvalue weighted by atomic mass is 16.5. The quantitative estimate of drug-likeness (QED) is 0.788. The molecule has 1 aromatic carbocycles. The number of rotatable bonds is 4. The predicted molar refractivity (Wildman–Crippen MR) is 74.7 cm³/mol. The Morgan fingerprint density at radius 2 is 1.89 bits per heavy atom. The molecule has 98 valence electrons. The number of pyridine rings is 1. The standard InChI is InChI=1S/C16H17NO2/c1-11-8-9-14(12(2)17-11)15(18)10-13-6-4-5-7-16(13)19-3/h4-9H,10H2,1-3H3. The maximum atomic E-state index is 12.3. The molecule has 3 heteroatoms. The fraction of sp³-hybridized carbons (Fsp3) is 0.250. The van der Waals surface area contributed by atoms with Gasteiger partial charge in [0, 0.05) is 28.9 Å². The molecule has 3 nitrogen and oxygen atoms in total. The van der Waals surface area contributed by atoms with E-state index < -0.39 is 0 Å². The summed E-state index contributed by atoms with van der Waals surface area (Å²) in [7, 11) is 1.61. The number of methoxy groups -OCH3 is 1. The van der Waals surface area contributed by atoms with Crippen molar-refractivity contribution in [1.29, 1.82) is 0 Å². The van der Waals surface area contributed by atoms with E-state index in [0.717, 1.165) is 22.7 Å². The van der Waals surface area contributed by atoms with E-state index in [9.17, 15) is 4.79 Å². The number of aromatic nitrogens is 1. The minimum Gasteiger partial charge on any atom is -0.496 e. The predicted octanol–water partition coefficient (Wildman–Crippen LogP) is 3.13. The number of hydrogen-bond acceptors (Lipinski definition) is 3. The Labute approximate surface area is 113 Å². The number of benzene rings is 1. The van der Waals surface area contributed by atoms with Gasteiger partial charge >= 0.3 is 0 Å². The van der Waals surface area contributed by atoms with Crippen molar-refractivity contribution in [2.45, 2.75) is 20.3 Å². The Bertz CT molecular complexity index is 605. The van der Waals surface area contributed by atoms with Crippen LogP contribution in [0.4, 0.5) is 0 Å². The van der Waals surface area contributed by atoms with Gasteiger partial charge in [0.15, 0.2) is 5.78 Å². The van der Waals surface area contributed by atoms with Crippen LogP contribution in [0.25, 0.3) is 0 Å². The summed E-state index contributed by atoms with van der Waals surface area (Å²) in [5.41, 5.74) is 3.28. The number of hydrogen-bond donors (Lipinski definition) is 0. The number of Topliss-reactive ketones (excluding diaryl/α,β-unsaturated/α-hetero) is 1. The molecule has 2 rings (SSSR count). The van der Waals surface area contributed by atoms with E-state index in [1.807, 2.05) is 50.2 Å². The van der Waals surface area contributed by atoms with Crippen LogP contribution in [-0.2, 0) is 6.42 Å². The molecule has 0 aliphatic heterocycles. The van der Waals surface area contributed by atoms with Gasteiger partial charge in [0.1, 0.15) is 5.75 Å². The third kappa shape index (κ3) is 2.99. The fourth-order valence-electron chi connectivity index (χ4n) is 2.10. The highest BCUT2D eigenvalue weighted by Gasteiger charge is 2.13. The number of nitrogens with zero attached hydrogens (tertiary/aromatic N) is 1. The van der Waals surface area contributed by atoms with E-state index >= 15 is 0 Å². The molecule has 0 unspecified atom stereocenters. The van der Waals surface area contributed by atoms with Gasteiger partial charge < -0.3 is 4.74 Å². The van der Waals surface area contributed by atoms with Gasteiger partial charge in [0.25, 0.3) is 0 Å². The number of ketones is 1. The second-order valence-electron chi connectivity index (χ2n) is 4.50. The van der Waals surface area contributed by atoms with E-state index in [2.05, 4.69) is 4.98 Å². The van der Waals surface area contributed by atoms with Crippen LogP contribution in [0.15, 0.2) is 36.4 Å². The number of aryl methyl sites for hydroxylation is 2. The van der Waals surface area contributed by atoms with Crippen LogP contribution in [0.3, 0.4) is 0 Å². The Balaban J connectivity index is 2.26. The zero-order valence-electron chi connectivity index (χ0n) is 11.4. The summed E-state index contributed by atoms with van der Waals surface area (Å²) in [6.07, 6.45) is 0.329. The number of para-hydroxylation sites is 1. The molecule has 0 aliphatic carbocycles. The molecule has 0 saturated heterocycles. The van der Waals surface area contributed by atoms with Gasteiger partial charge in [-0.25, -0.2) is 0 Å². The zero-order valence-corrected chi connectivity index (χ0v) is 11.4. The van der Waals surface area contributed by atoms with Crippen LogP contribution in [0.2, 0.25) is 0 Å². The first-order chi connectivity index (χ1) is 9.11. The van der Waals surface area contributed by atoms with Crippen molar-refractivity contribution in [3.63, 3.8) is 0 Å². The van der Waals surface area contributed by atoms with Crippen molar-refractivity contribution in [2.75, 3.05) is 7.11 Å². The largest absolute Gasteiger partial charge is 0.496 e. The lowest BCUT2D eigenvalue weighted by Crippen LogP contribution is -2.08. The molecule has 1 heterocycles. The average Bonchev–Trinajstić information content (AvgIpc) is 2.39. The molecule has 2 aromatic rings. The first-order valence-corrected chi connectivity index (χ1v) is 6.21. The third-order valence-corrected chi connectivity index (χ3v) is 3.07. The molecule has 0 radical (unpaired) electrons. The van der Waals surface area contributed by atoms with Crippen molar-refractivity contribution in [3.05, 3.63) is 58.9 Å². The zero-order chi connectivity index (χ0) is 13.8. The Morgan fingerprint density at radius 1 is 1.16 bits per heavy atom. The highest BCUT2D eigenvalue weighted by Crippen LogP contribution is 2.20. The van der Waals surface area contributed by atoms with E-state index in [-0.39, 0.29) is 5.78 Å². The molecule has 0 spiro atoms. The number of carbonyl (C=O) groups is 1. The Morgan fingerprint density at radius 3 is 2.58 bits per heavy atom. The van der Waals surface area contributed by atoms with E-state index in [4.69, 9.17) is 4.74 Å². The summed E-state index contributed by atoms with van der Waals surface area (Å²) in [6.45, 7) is 3.78. The molecule has 0 amide bonds. The summed E-state index contributed by atoms with van der Waals surface area (Å²) in [5, 5.41) is 0. The molecule has 0 fully saturated rings. The summed E-state index contributed by atoms with van der Waals surface area (Å²) >= 11 is 0. The van der Waals surface area contributed by atoms with Gasteiger partial charge in [0.2, 0.25) is 0 Å². The monoisotopic (exact) mass is 255 g/mol. The lowest BCUT2D eigenvalue weighted by atomic mass is 10.0. The second kappa shape index (κ2) is 5.65. The van der Waals surface area contributed by atoms with Gasteiger partial charge in [-0.3, -0.25) is 9.78 Å². The average molecular weight is 255 g/mol. The maximum absolute atomic E-state index is 12.3. The molecule has 0 N–H and O–H groups in total. The Kier molecular flexibility index (Phi) is 3.95. The minimum absolute atomic E-state index is 0.0644. The van der Waals surface area contributed by atoms with Crippen LogP contribution >= 0.6 is 0 Å². The molecular formula is C16H17NO2. The highest BCUT2D eigenvalue weighted by molar-refractivity contribution is 5.98. The lowest BCUT2D eigenvalue weighted by molar-refractivity contribution is 0.0991. The van der Waals surface area contributed by atoms with Crippen molar-refractivity contribution < 1.29 is 9.53 Å². The van der Waals surface area contributed by atoms with Gasteiger partial charge in [-0.15, -0.1) is 0 Å². The minimum atomic E-state index is 0.0644. The SMILES string of the molecule is COc1ccccc1CC(=O)c1ccc(C)nc1C. The van der Waals surface area contributed by atoms with Crippen LogP contribution in [-0.4, -0.2) is 17.9 Å². The molecule has 19 heavy (non-hydrogen) atoms. The van der Waals surface area contributed by atoms with Gasteiger partial charge in [0.05, 0.1) is 7.11 Å². The molecule has 0 aliphatic rings. The fourth-order valence-corrected chi connectivity index (χ4v) is 2.10. The maximum Gasteiger partial charge on any atom is 0.169 e. The van der Waals surface area contributed by atoms with Crippen LogP contribution < -0.4 is 4.74 Å². The van der Waals surface area contributed by atoms with Crippen molar-refractivity contribution in [3.8, 4) is 5.75 Å². The topological polar surface area (TPSA) is 39.2 Å². The third-order valence-electron chi connectivity index (χ3n) is 3.07. The molecule has 1 aromatic heterocycles. The van der Waals surface area contributed by atoms with Gasteiger partial charge in [-0.1, -0.05) is 18.2 Å². The van der Waals surface area contributed by atoms with Gasteiger partial charge in [-0.2, -0.15) is 0 Å². The van der Waals surface area contributed by atoms with Crippen molar-refractivity contribution in [1.82, 2.24) is 4.98 Å². The van der Waals surface area contributed by atoms with E-state index in [1.54, 1.807) is 7.11 Å². The Hall–Kier alpha value is -2.16. The van der Waals surface area contributed by atoms with E-state index in [0.29, 0.717) is 12.0 Å². The first kappa shape index (κ1) is 13.3. The van der Waals surface area contributed by atoms with Gasteiger partial charge in [-0.05, 0) is 32.0 Å². The molecular weight excluding hydrogens is 238 g/mol. The summed E-state index contributed by atoms with van der Waals surface area (Å²) in [4.78, 5) is 16.6. The van der Waals surface area contributed by atoms with E-state index in [1.165, 1.54) is 0 Å². The molecule has 0 atom stereocenters. The molecule has 0 saturated carbocycles. The summed E-state index contributed by atoms with van der Waals surface area (Å²) in [6, 6.07) is 11.3. The lowest BCUT2D eigenvalue weighted by Gasteiger charge is -2.09. The first-order valence-electron chi connectivity index (χ1n) is 6.21. The van der Waals surface area contributed by atoms with Crippen LogP contribution in [0.1, 0.15) is 27.3 Å². The normalized spacial score (nSPS) is 10.3. The van der Waals surface area contributed by atoms with Crippen LogP contribution in [0.5, 0.6) is 5.75 Å². The van der Waals surface area contributed by atoms with Crippen LogP contribution in [0, 0.1) is 13.8 Å². The smallest absolute Gasteiger partial charge is 0.169 e. The number of ether oxygens (including phenoxy) is 1. The summed E-state index contributed by atoms with van der Waals surface area (Å²) in [5.74, 6) is 0.808. The van der Waals surface area contributed by atoms with Crippen molar-refractivity contribution >= 4 is 5.78 Å². The summed E-state index contributed by atoms with van der Waals surface area (Å²) < 4.78 is 5.26.